The zero-order valence-electron chi connectivity index (χ0n) is 26.1. The summed E-state index contributed by atoms with van der Waals surface area (Å²) in [6, 6.07) is 13.7. The summed E-state index contributed by atoms with van der Waals surface area (Å²) in [4.78, 5) is 30.9. The smallest absolute Gasteiger partial charge is 0.410 e. The van der Waals surface area contributed by atoms with Gasteiger partial charge in [0.2, 0.25) is 0 Å². The van der Waals surface area contributed by atoms with Gasteiger partial charge in [-0.3, -0.25) is 4.68 Å². The van der Waals surface area contributed by atoms with Gasteiger partial charge in [0.05, 0.1) is 18.8 Å². The molecule has 0 aliphatic carbocycles. The molecule has 0 N–H and O–H groups in total. The van der Waals surface area contributed by atoms with Gasteiger partial charge in [0.25, 0.3) is 6.43 Å². The van der Waals surface area contributed by atoms with Crippen LogP contribution in [0.2, 0.25) is 5.02 Å². The molecule has 242 valence electrons. The van der Waals surface area contributed by atoms with E-state index < -0.39 is 23.7 Å². The average molecular weight is 644 g/mol. The number of rotatable bonds is 7. The van der Waals surface area contributed by atoms with Crippen molar-refractivity contribution in [2.75, 3.05) is 55.7 Å². The van der Waals surface area contributed by atoms with Crippen LogP contribution in [0, 0.1) is 0 Å². The minimum atomic E-state index is -2.87. The fourth-order valence-corrected chi connectivity index (χ4v) is 6.12. The van der Waals surface area contributed by atoms with E-state index in [9.17, 15) is 18.4 Å². The Hall–Kier alpha value is -3.86. The van der Waals surface area contributed by atoms with E-state index in [0.717, 1.165) is 35.5 Å². The van der Waals surface area contributed by atoms with Gasteiger partial charge in [0.1, 0.15) is 16.9 Å². The van der Waals surface area contributed by atoms with Crippen molar-refractivity contribution in [1.29, 1.82) is 0 Å². The molecule has 12 heteroatoms. The Bertz CT molecular complexity index is 1500. The van der Waals surface area contributed by atoms with Crippen molar-refractivity contribution >= 4 is 35.0 Å². The lowest BCUT2D eigenvalue weighted by molar-refractivity contribution is 0.0240. The maximum atomic E-state index is 14.2. The molecule has 1 aromatic heterocycles. The van der Waals surface area contributed by atoms with E-state index in [1.165, 1.54) is 10.9 Å². The Kier molecular flexibility index (Phi) is 9.86. The van der Waals surface area contributed by atoms with E-state index in [0.29, 0.717) is 44.2 Å². The van der Waals surface area contributed by atoms with Crippen molar-refractivity contribution in [3.8, 4) is 11.1 Å². The Morgan fingerprint density at radius 2 is 1.73 bits per heavy atom. The van der Waals surface area contributed by atoms with Gasteiger partial charge in [-0.25, -0.2) is 18.4 Å². The first-order valence-electron chi connectivity index (χ1n) is 15.4. The molecular weight excluding hydrogens is 604 g/mol. The number of amides is 1. The molecule has 1 unspecified atom stereocenters. The van der Waals surface area contributed by atoms with Crippen LogP contribution in [0.1, 0.15) is 69.1 Å². The quantitative estimate of drug-likeness (QED) is 0.252. The maximum Gasteiger partial charge on any atom is 0.410 e. The Balaban J connectivity index is 1.32. The fourth-order valence-electron chi connectivity index (χ4n) is 5.96. The third-order valence-corrected chi connectivity index (χ3v) is 8.29. The van der Waals surface area contributed by atoms with E-state index in [1.54, 1.807) is 11.8 Å². The second kappa shape index (κ2) is 13.6. The summed E-state index contributed by atoms with van der Waals surface area (Å²) < 4.78 is 40.2. The van der Waals surface area contributed by atoms with Gasteiger partial charge < -0.3 is 24.2 Å². The molecule has 3 heterocycles. The summed E-state index contributed by atoms with van der Waals surface area (Å²) in [5.41, 5.74) is 2.81. The highest BCUT2D eigenvalue weighted by molar-refractivity contribution is 6.31. The van der Waals surface area contributed by atoms with Gasteiger partial charge in [-0.1, -0.05) is 29.8 Å². The van der Waals surface area contributed by atoms with E-state index >= 15 is 0 Å². The Morgan fingerprint density at radius 1 is 1.02 bits per heavy atom. The molecule has 0 bridgehead atoms. The summed E-state index contributed by atoms with van der Waals surface area (Å²) in [6.07, 6.45) is -0.580. The van der Waals surface area contributed by atoms with E-state index in [-0.39, 0.29) is 24.3 Å². The molecule has 0 saturated carbocycles. The molecule has 2 aliphatic rings. The van der Waals surface area contributed by atoms with Crippen LogP contribution in [0.5, 0.6) is 0 Å². The van der Waals surface area contributed by atoms with Gasteiger partial charge in [-0.2, -0.15) is 5.10 Å². The molecular formula is C33H40ClF2N5O4. The number of hydrogen-bond acceptors (Lipinski definition) is 7. The molecule has 0 spiro atoms. The van der Waals surface area contributed by atoms with Gasteiger partial charge in [-0.15, -0.1) is 0 Å². The monoisotopic (exact) mass is 643 g/mol. The summed E-state index contributed by atoms with van der Waals surface area (Å²) in [6.45, 7) is 11.0. The predicted octanol–water partition coefficient (Wildman–Crippen LogP) is 7.22. The number of ether oxygens (including phenoxy) is 2. The average Bonchev–Trinajstić information content (AvgIpc) is 3.47. The van der Waals surface area contributed by atoms with Crippen molar-refractivity contribution in [1.82, 2.24) is 14.7 Å². The van der Waals surface area contributed by atoms with Crippen molar-refractivity contribution in [2.45, 2.75) is 58.6 Å². The van der Waals surface area contributed by atoms with Crippen LogP contribution in [0.3, 0.4) is 0 Å². The number of nitrogens with zero attached hydrogens (tertiary/aromatic N) is 5. The van der Waals surface area contributed by atoms with Gasteiger partial charge in [0.15, 0.2) is 0 Å². The van der Waals surface area contributed by atoms with Crippen LogP contribution in [-0.2, 0) is 9.47 Å². The highest BCUT2D eigenvalue weighted by Crippen LogP contribution is 2.38. The molecule has 45 heavy (non-hydrogen) atoms. The number of anilines is 2. The van der Waals surface area contributed by atoms with Gasteiger partial charge in [-0.05, 0) is 70.4 Å². The van der Waals surface area contributed by atoms with Crippen LogP contribution in [0.25, 0.3) is 11.1 Å². The van der Waals surface area contributed by atoms with Crippen molar-refractivity contribution < 1.29 is 27.8 Å². The number of alkyl halides is 2. The zero-order valence-corrected chi connectivity index (χ0v) is 26.9. The molecule has 2 aliphatic heterocycles. The molecule has 9 nitrogen and oxygen atoms in total. The van der Waals surface area contributed by atoms with Crippen LogP contribution in [0.4, 0.5) is 25.0 Å². The minimum Gasteiger partial charge on any atom is -0.462 e. The van der Waals surface area contributed by atoms with Crippen molar-refractivity contribution in [3.05, 3.63) is 64.9 Å². The molecule has 2 aromatic carbocycles. The van der Waals surface area contributed by atoms with Gasteiger partial charge >= 0.3 is 12.1 Å². The second-order valence-electron chi connectivity index (χ2n) is 12.3. The molecule has 3 aromatic rings. The predicted molar refractivity (Wildman–Crippen MR) is 171 cm³/mol. The second-order valence-corrected chi connectivity index (χ2v) is 12.8. The van der Waals surface area contributed by atoms with Crippen LogP contribution >= 0.6 is 11.6 Å². The Morgan fingerprint density at radius 3 is 2.38 bits per heavy atom. The minimum absolute atomic E-state index is 0.0904. The summed E-state index contributed by atoms with van der Waals surface area (Å²) in [5, 5.41) is 4.80. The lowest BCUT2D eigenvalue weighted by atomic mass is 9.99. The Labute approximate surface area is 267 Å². The lowest BCUT2D eigenvalue weighted by Crippen LogP contribution is -2.50. The molecule has 2 saturated heterocycles. The molecule has 1 amide bonds. The standard InChI is InChI=1S/C33H40ClF2N5O4/c1-5-44-31(42)27-20-37-41(29(27)30(35)36)25-7-6-14-40(21-25)28-19-23(34)10-13-26(28)22-8-11-24(12-9-22)38-15-17-39(18-16-38)32(43)45-33(2,3)4/h8-13,19-20,25,30H,5-7,14-18,21H2,1-4H3. The third-order valence-electron chi connectivity index (χ3n) is 8.05. The van der Waals surface area contributed by atoms with Gasteiger partial charge in [0, 0.05) is 61.2 Å². The van der Waals surface area contributed by atoms with E-state index in [2.05, 4.69) is 39.2 Å². The first kappa shape index (κ1) is 32.5. The zero-order chi connectivity index (χ0) is 32.3. The summed E-state index contributed by atoms with van der Waals surface area (Å²) in [5.74, 6) is -0.794. The van der Waals surface area contributed by atoms with Crippen LogP contribution in [0.15, 0.2) is 48.7 Å². The number of benzene rings is 2. The first-order chi connectivity index (χ1) is 21.4. The number of halogens is 3. The topological polar surface area (TPSA) is 80.1 Å². The molecule has 5 rings (SSSR count). The normalized spacial score (nSPS) is 17.5. The number of esters is 1. The molecule has 0 radical (unpaired) electrons. The summed E-state index contributed by atoms with van der Waals surface area (Å²) >= 11 is 6.47. The number of piperazine rings is 1. The first-order valence-corrected chi connectivity index (χ1v) is 15.7. The highest BCUT2D eigenvalue weighted by atomic mass is 35.5. The largest absolute Gasteiger partial charge is 0.462 e. The molecule has 1 atom stereocenters. The number of carbonyl (C=O) groups excluding carboxylic acids is 2. The third kappa shape index (κ3) is 7.52. The number of piperidine rings is 1. The fraction of sp³-hybridized carbons (Fsp3) is 0.485. The van der Waals surface area contributed by atoms with Crippen molar-refractivity contribution in [3.63, 3.8) is 0 Å². The molecule has 2 fully saturated rings. The highest BCUT2D eigenvalue weighted by Gasteiger charge is 2.32. The van der Waals surface area contributed by atoms with E-state index in [1.807, 2.05) is 39.0 Å². The van der Waals surface area contributed by atoms with Crippen molar-refractivity contribution in [2.24, 2.45) is 0 Å². The lowest BCUT2D eigenvalue weighted by Gasteiger charge is -2.37. The number of carbonyl (C=O) groups is 2. The van der Waals surface area contributed by atoms with E-state index in [4.69, 9.17) is 21.1 Å². The SMILES string of the molecule is CCOC(=O)c1cnn(C2CCCN(c3cc(Cl)ccc3-c3ccc(N4CCN(C(=O)OC(C)(C)C)CC4)cc3)C2)c1C(F)F. The van der Waals surface area contributed by atoms with Crippen LogP contribution in [-0.4, -0.2) is 78.2 Å². The number of hydrogen-bond donors (Lipinski definition) is 0. The number of aromatic nitrogens is 2. The summed E-state index contributed by atoms with van der Waals surface area (Å²) in [7, 11) is 0. The maximum absolute atomic E-state index is 14.2. The van der Waals surface area contributed by atoms with Crippen LogP contribution < -0.4 is 9.80 Å².